The maximum Gasteiger partial charge on any atom is 0.287 e. The Balaban J connectivity index is 1.25. The molecule has 4 atom stereocenters. The Hall–Kier alpha value is -3.66. The van der Waals surface area contributed by atoms with Gasteiger partial charge in [-0.1, -0.05) is 6.92 Å². The van der Waals surface area contributed by atoms with Crippen LogP contribution in [0.5, 0.6) is 5.75 Å². The van der Waals surface area contributed by atoms with Gasteiger partial charge in [0.15, 0.2) is 11.9 Å². The van der Waals surface area contributed by atoms with Crippen LogP contribution in [0.2, 0.25) is 0 Å². The Bertz CT molecular complexity index is 1680. The summed E-state index contributed by atoms with van der Waals surface area (Å²) in [6.45, 7) is 4.74. The Labute approximate surface area is 247 Å². The van der Waals surface area contributed by atoms with Crippen LogP contribution in [0.4, 0.5) is 15.9 Å². The Morgan fingerprint density at radius 1 is 1.19 bits per heavy atom. The fourth-order valence-electron chi connectivity index (χ4n) is 5.67. The molecule has 2 aromatic heterocycles. The van der Waals surface area contributed by atoms with Crippen molar-refractivity contribution < 1.29 is 37.1 Å². The van der Waals surface area contributed by atoms with E-state index in [2.05, 4.69) is 19.8 Å². The van der Waals surface area contributed by atoms with Crippen molar-refractivity contribution >= 4 is 38.6 Å². The highest BCUT2D eigenvalue weighted by Gasteiger charge is 2.49. The van der Waals surface area contributed by atoms with Gasteiger partial charge in [-0.05, 0) is 24.6 Å². The normalized spacial score (nSPS) is 24.6. The van der Waals surface area contributed by atoms with Gasteiger partial charge in [-0.25, -0.2) is 18.1 Å². The van der Waals surface area contributed by atoms with E-state index in [9.17, 15) is 18.2 Å². The van der Waals surface area contributed by atoms with Gasteiger partial charge in [-0.3, -0.25) is 9.59 Å². The number of rotatable bonds is 7. The predicted octanol–water partition coefficient (Wildman–Crippen LogP) is 2.34. The van der Waals surface area contributed by atoms with Crippen LogP contribution in [0.3, 0.4) is 0 Å². The number of benzene rings is 1. The monoisotopic (exact) mass is 616 g/mol. The fourth-order valence-corrected chi connectivity index (χ4v) is 7.47. The smallest absolute Gasteiger partial charge is 0.287 e. The molecule has 0 unspecified atom stereocenters. The molecule has 0 bridgehead atoms. The molecule has 1 aromatic carbocycles. The van der Waals surface area contributed by atoms with Crippen LogP contribution in [-0.4, -0.2) is 105 Å². The highest BCUT2D eigenvalue weighted by Crippen LogP contribution is 2.36. The first-order valence-electron chi connectivity index (χ1n) is 14.1. The third-order valence-electron chi connectivity index (χ3n) is 8.06. The van der Waals surface area contributed by atoms with Crippen molar-refractivity contribution in [2.45, 2.75) is 44.7 Å². The second-order valence-corrected chi connectivity index (χ2v) is 13.2. The highest BCUT2D eigenvalue weighted by molar-refractivity contribution is 7.94. The molecule has 3 saturated heterocycles. The van der Waals surface area contributed by atoms with E-state index in [0.717, 1.165) is 0 Å². The summed E-state index contributed by atoms with van der Waals surface area (Å²) in [7, 11) is -1.22. The van der Waals surface area contributed by atoms with E-state index in [0.29, 0.717) is 48.7 Å². The lowest BCUT2D eigenvalue weighted by molar-refractivity contribution is -0.130. The molecule has 43 heavy (non-hydrogen) atoms. The SMILES string of the molecule is CCC(=O)N1CCS(=O)(=NC(=O)c2cn3ncnc(Nc4ccc(F)cc4O[C@@H]4CO[C@H]5[C@@H]4OC[C@H]5OC)c3c2C)CC1. The van der Waals surface area contributed by atoms with E-state index in [1.54, 1.807) is 25.9 Å². The van der Waals surface area contributed by atoms with E-state index in [1.165, 1.54) is 35.2 Å². The zero-order valence-electron chi connectivity index (χ0n) is 24.0. The van der Waals surface area contributed by atoms with Crippen molar-refractivity contribution in [3.8, 4) is 5.75 Å². The molecular formula is C28H33FN6O7S. The molecule has 6 rings (SSSR count). The topological polar surface area (TPSA) is 146 Å². The molecule has 2 amide bonds. The minimum atomic E-state index is -2.82. The molecule has 5 heterocycles. The zero-order chi connectivity index (χ0) is 30.3. The first-order valence-corrected chi connectivity index (χ1v) is 15.9. The van der Waals surface area contributed by atoms with Crippen LogP contribution < -0.4 is 10.1 Å². The van der Waals surface area contributed by atoms with Crippen molar-refractivity contribution in [3.05, 3.63) is 47.7 Å². The average Bonchev–Trinajstić information content (AvgIpc) is 3.69. The number of carbonyl (C=O) groups excluding carboxylic acids is 2. The number of hydrogen-bond donors (Lipinski definition) is 1. The van der Waals surface area contributed by atoms with Gasteiger partial charge < -0.3 is 29.2 Å². The Morgan fingerprint density at radius 2 is 1.91 bits per heavy atom. The van der Waals surface area contributed by atoms with Gasteiger partial charge in [-0.15, -0.1) is 0 Å². The highest BCUT2D eigenvalue weighted by atomic mass is 32.2. The van der Waals surface area contributed by atoms with Gasteiger partial charge in [0, 0.05) is 50.4 Å². The lowest BCUT2D eigenvalue weighted by atomic mass is 10.1. The second kappa shape index (κ2) is 11.8. The number of anilines is 2. The van der Waals surface area contributed by atoms with Crippen LogP contribution in [0.25, 0.3) is 5.52 Å². The van der Waals surface area contributed by atoms with Crippen molar-refractivity contribution in [1.82, 2.24) is 19.5 Å². The number of ether oxygens (including phenoxy) is 4. The molecule has 15 heteroatoms. The largest absolute Gasteiger partial charge is 0.483 e. The Kier molecular flexibility index (Phi) is 8.06. The van der Waals surface area contributed by atoms with Crippen molar-refractivity contribution in [2.24, 2.45) is 4.36 Å². The van der Waals surface area contributed by atoms with Crippen LogP contribution >= 0.6 is 0 Å². The molecular weight excluding hydrogens is 583 g/mol. The van der Waals surface area contributed by atoms with Crippen molar-refractivity contribution in [3.63, 3.8) is 0 Å². The number of aromatic nitrogens is 3. The van der Waals surface area contributed by atoms with Crippen LogP contribution in [-0.2, 0) is 28.7 Å². The third-order valence-corrected chi connectivity index (χ3v) is 10.2. The summed E-state index contributed by atoms with van der Waals surface area (Å²) < 4.78 is 56.6. The molecule has 3 fully saturated rings. The zero-order valence-corrected chi connectivity index (χ0v) is 24.8. The van der Waals surface area contributed by atoms with Crippen LogP contribution in [0.15, 0.2) is 35.1 Å². The number of nitrogens with one attached hydrogen (secondary N) is 1. The van der Waals surface area contributed by atoms with Crippen LogP contribution in [0.1, 0.15) is 29.3 Å². The summed E-state index contributed by atoms with van der Waals surface area (Å²) in [5.74, 6) is -0.266. The summed E-state index contributed by atoms with van der Waals surface area (Å²) in [4.78, 5) is 31.3. The minimum Gasteiger partial charge on any atom is -0.483 e. The number of methoxy groups -OCH3 is 1. The molecule has 3 aliphatic rings. The summed E-state index contributed by atoms with van der Waals surface area (Å²) in [5.41, 5.74) is 1.68. The molecule has 0 saturated carbocycles. The first-order chi connectivity index (χ1) is 20.7. The van der Waals surface area contributed by atoms with E-state index in [4.69, 9.17) is 18.9 Å². The summed E-state index contributed by atoms with van der Waals surface area (Å²) >= 11 is 0. The molecule has 0 aliphatic carbocycles. The van der Waals surface area contributed by atoms with Crippen molar-refractivity contribution in [1.29, 1.82) is 0 Å². The average molecular weight is 617 g/mol. The van der Waals surface area contributed by atoms with E-state index < -0.39 is 27.6 Å². The van der Waals surface area contributed by atoms with Gasteiger partial charge in [0.05, 0.1) is 34.2 Å². The van der Waals surface area contributed by atoms with Gasteiger partial charge in [0.25, 0.3) is 5.91 Å². The number of aryl methyl sites for hydroxylation is 1. The molecule has 3 aromatic rings. The maximum absolute atomic E-state index is 14.3. The van der Waals surface area contributed by atoms with Gasteiger partial charge >= 0.3 is 0 Å². The summed E-state index contributed by atoms with van der Waals surface area (Å²) in [5, 5.41) is 7.43. The van der Waals surface area contributed by atoms with E-state index in [-0.39, 0.29) is 53.6 Å². The number of nitrogens with zero attached hydrogens (tertiary/aromatic N) is 5. The number of halogens is 1. The van der Waals surface area contributed by atoms with Gasteiger partial charge in [-0.2, -0.15) is 9.46 Å². The summed E-state index contributed by atoms with van der Waals surface area (Å²) in [6, 6.07) is 4.10. The van der Waals surface area contributed by atoms with Gasteiger partial charge in [0.1, 0.15) is 41.7 Å². The van der Waals surface area contributed by atoms with Gasteiger partial charge in [0.2, 0.25) is 5.91 Å². The molecule has 0 spiro atoms. The molecule has 3 aliphatic heterocycles. The van der Waals surface area contributed by atoms with Crippen molar-refractivity contribution in [2.75, 3.05) is 50.2 Å². The minimum absolute atomic E-state index is 0.0111. The fraction of sp³-hybridized carbons (Fsp3) is 0.500. The standard InChI is InChI=1S/C28H33FN6O7S/c1-4-23(36)34-7-9-43(38,10-8-34)33-28(37)18-12-35-24(16(18)2)27(30-15-31-35)32-19-6-5-17(29)11-20(19)42-22-14-41-25-21(39-3)13-40-26(22)25/h5-6,11-12,15,21-22,25-26H,4,7-10,13-14H2,1-3H3,(H,30,31,32)/t21-,22-,25-,26-/m1/s1. The number of amides is 2. The quantitative estimate of drug-likeness (QED) is 0.420. The predicted molar refractivity (Wildman–Crippen MR) is 154 cm³/mol. The lowest BCUT2D eigenvalue weighted by Gasteiger charge is -2.28. The lowest BCUT2D eigenvalue weighted by Crippen LogP contribution is -2.43. The number of carbonyl (C=O) groups is 2. The van der Waals surface area contributed by atoms with Crippen LogP contribution in [0, 0.1) is 12.7 Å². The number of fused-ring (bicyclic) bond motifs is 2. The molecule has 230 valence electrons. The Morgan fingerprint density at radius 3 is 2.63 bits per heavy atom. The van der Waals surface area contributed by atoms with E-state index >= 15 is 0 Å². The molecule has 1 N–H and O–H groups in total. The molecule has 0 radical (unpaired) electrons. The second-order valence-electron chi connectivity index (χ2n) is 10.7. The number of hydrogen-bond acceptors (Lipinski definition) is 10. The maximum atomic E-state index is 14.3. The third kappa shape index (κ3) is 5.69. The van der Waals surface area contributed by atoms with E-state index in [1.807, 2.05) is 0 Å². The first kappa shape index (κ1) is 29.4. The molecule has 13 nitrogen and oxygen atoms in total. The summed E-state index contributed by atoms with van der Waals surface area (Å²) in [6.07, 6.45) is 1.90.